The first-order valence-electron chi connectivity index (χ1n) is 10.1. The molecule has 142 valence electrons. The van der Waals surface area contributed by atoms with Crippen molar-refractivity contribution in [1.82, 2.24) is 19.2 Å². The van der Waals surface area contributed by atoms with E-state index in [1.807, 2.05) is 6.92 Å². The molecule has 0 radical (unpaired) electrons. The predicted molar refractivity (Wildman–Crippen MR) is 99.6 cm³/mol. The van der Waals surface area contributed by atoms with E-state index in [9.17, 15) is 9.59 Å². The number of carbonyl (C=O) groups excluding carboxylic acids is 1. The van der Waals surface area contributed by atoms with E-state index >= 15 is 0 Å². The largest absolute Gasteiger partial charge is 0.345 e. The van der Waals surface area contributed by atoms with Crippen molar-refractivity contribution in [3.8, 4) is 0 Å². The highest BCUT2D eigenvalue weighted by atomic mass is 16.2. The van der Waals surface area contributed by atoms with Crippen molar-refractivity contribution < 1.29 is 4.79 Å². The molecule has 1 amide bonds. The summed E-state index contributed by atoms with van der Waals surface area (Å²) in [6.45, 7) is 4.35. The van der Waals surface area contributed by atoms with Gasteiger partial charge in [0.2, 0.25) is 5.91 Å². The highest BCUT2D eigenvalue weighted by Gasteiger charge is 2.37. The number of nitrogens with zero attached hydrogens (tertiary/aromatic N) is 4. The van der Waals surface area contributed by atoms with Crippen LogP contribution in [-0.4, -0.2) is 38.2 Å². The first kappa shape index (κ1) is 17.6. The van der Waals surface area contributed by atoms with Crippen LogP contribution in [0.15, 0.2) is 16.9 Å². The van der Waals surface area contributed by atoms with E-state index in [0.29, 0.717) is 30.2 Å². The van der Waals surface area contributed by atoms with Gasteiger partial charge in [-0.05, 0) is 56.3 Å². The van der Waals surface area contributed by atoms with Crippen molar-refractivity contribution in [2.75, 3.05) is 13.1 Å². The summed E-state index contributed by atoms with van der Waals surface area (Å²) in [6.07, 6.45) is 10.7. The third kappa shape index (κ3) is 3.26. The predicted octanol–water partition coefficient (Wildman–Crippen LogP) is 1.99. The lowest BCUT2D eigenvalue weighted by Gasteiger charge is -2.33. The number of aromatic nitrogens is 3. The second-order valence-electron chi connectivity index (χ2n) is 8.34. The summed E-state index contributed by atoms with van der Waals surface area (Å²) in [5.74, 6) is 3.70. The number of fused-ring (bicyclic) bond motifs is 2. The van der Waals surface area contributed by atoms with Crippen LogP contribution in [0.5, 0.6) is 0 Å². The Morgan fingerprint density at radius 2 is 2.00 bits per heavy atom. The smallest absolute Gasteiger partial charge is 0.343 e. The molecule has 2 fully saturated rings. The molecule has 6 nitrogen and oxygen atoms in total. The van der Waals surface area contributed by atoms with Crippen molar-refractivity contribution in [1.29, 1.82) is 0 Å². The van der Waals surface area contributed by atoms with Gasteiger partial charge in [-0.25, -0.2) is 9.48 Å². The van der Waals surface area contributed by atoms with Crippen LogP contribution < -0.4 is 5.69 Å². The van der Waals surface area contributed by atoms with Crippen molar-refractivity contribution in [2.45, 2.75) is 52.0 Å². The van der Waals surface area contributed by atoms with Gasteiger partial charge in [-0.15, -0.1) is 0 Å². The molecule has 4 rings (SSSR count). The maximum atomic E-state index is 12.7. The van der Waals surface area contributed by atoms with E-state index in [1.54, 1.807) is 11.6 Å². The van der Waals surface area contributed by atoms with Gasteiger partial charge in [0.15, 0.2) is 0 Å². The number of amides is 1. The molecule has 1 aromatic heterocycles. The molecule has 2 bridgehead atoms. The second kappa shape index (κ2) is 7.05. The van der Waals surface area contributed by atoms with E-state index in [4.69, 9.17) is 0 Å². The van der Waals surface area contributed by atoms with Gasteiger partial charge in [-0.3, -0.25) is 9.36 Å². The molecule has 3 atom stereocenters. The van der Waals surface area contributed by atoms with E-state index in [1.165, 1.54) is 17.5 Å². The molecule has 0 unspecified atom stereocenters. The molecule has 1 saturated carbocycles. The van der Waals surface area contributed by atoms with Gasteiger partial charge in [0.05, 0.1) is 0 Å². The Morgan fingerprint density at radius 3 is 2.62 bits per heavy atom. The summed E-state index contributed by atoms with van der Waals surface area (Å²) in [5.41, 5.74) is -0.0324. The summed E-state index contributed by atoms with van der Waals surface area (Å²) >= 11 is 0. The average molecular weight is 358 g/mol. The second-order valence-corrected chi connectivity index (χ2v) is 8.34. The third-order valence-corrected chi connectivity index (χ3v) is 6.69. The van der Waals surface area contributed by atoms with Gasteiger partial charge in [-0.1, -0.05) is 12.2 Å². The maximum Gasteiger partial charge on any atom is 0.345 e. The summed E-state index contributed by atoms with van der Waals surface area (Å²) in [5, 5.41) is 4.40. The molecule has 0 aromatic carbocycles. The fourth-order valence-corrected chi connectivity index (χ4v) is 5.15. The van der Waals surface area contributed by atoms with Crippen LogP contribution >= 0.6 is 0 Å². The molecular weight excluding hydrogens is 328 g/mol. The Balaban J connectivity index is 1.29. The summed E-state index contributed by atoms with van der Waals surface area (Å²) in [6, 6.07) is 0. The van der Waals surface area contributed by atoms with Crippen molar-refractivity contribution in [2.24, 2.45) is 30.7 Å². The first-order valence-corrected chi connectivity index (χ1v) is 10.1. The van der Waals surface area contributed by atoms with Crippen LogP contribution in [0.4, 0.5) is 0 Å². The maximum absolute atomic E-state index is 12.7. The van der Waals surface area contributed by atoms with E-state index in [2.05, 4.69) is 22.2 Å². The number of allylic oxidation sites excluding steroid dienone is 2. The Bertz CT molecular complexity index is 754. The first-order chi connectivity index (χ1) is 12.5. The van der Waals surface area contributed by atoms with Crippen LogP contribution in [0.2, 0.25) is 0 Å². The van der Waals surface area contributed by atoms with Crippen LogP contribution in [0.25, 0.3) is 0 Å². The van der Waals surface area contributed by atoms with Gasteiger partial charge >= 0.3 is 5.69 Å². The molecule has 1 aliphatic heterocycles. The van der Waals surface area contributed by atoms with Crippen LogP contribution in [0.3, 0.4) is 0 Å². The van der Waals surface area contributed by atoms with Gasteiger partial charge in [-0.2, -0.15) is 5.10 Å². The molecule has 2 aliphatic carbocycles. The minimum Gasteiger partial charge on any atom is -0.343 e. The Labute approximate surface area is 154 Å². The summed E-state index contributed by atoms with van der Waals surface area (Å²) in [4.78, 5) is 26.8. The number of likely N-dealkylation sites (tertiary alicyclic amines) is 1. The molecule has 0 N–H and O–H groups in total. The van der Waals surface area contributed by atoms with Crippen LogP contribution in [0.1, 0.15) is 44.9 Å². The molecule has 6 heteroatoms. The number of carbonyl (C=O) groups is 1. The molecule has 1 saturated heterocycles. The Morgan fingerprint density at radius 1 is 1.23 bits per heavy atom. The van der Waals surface area contributed by atoms with Crippen LogP contribution in [0, 0.1) is 23.7 Å². The zero-order valence-electron chi connectivity index (χ0n) is 15.9. The van der Waals surface area contributed by atoms with Crippen molar-refractivity contribution in [3.05, 3.63) is 28.5 Å². The Kier molecular flexibility index (Phi) is 4.76. The molecule has 26 heavy (non-hydrogen) atoms. The number of rotatable bonds is 5. The van der Waals surface area contributed by atoms with E-state index < -0.39 is 0 Å². The quantitative estimate of drug-likeness (QED) is 0.756. The topological polar surface area (TPSA) is 60.1 Å². The van der Waals surface area contributed by atoms with E-state index in [0.717, 1.165) is 50.5 Å². The number of aryl methyl sites for hydroxylation is 1. The zero-order chi connectivity index (χ0) is 18.3. The normalized spacial score (nSPS) is 28.2. The minimum atomic E-state index is -0.0324. The number of hydrogen-bond donors (Lipinski definition) is 0. The van der Waals surface area contributed by atoms with Crippen LogP contribution in [-0.2, 0) is 24.8 Å². The molecule has 0 spiro atoms. The highest BCUT2D eigenvalue weighted by molar-refractivity contribution is 5.76. The lowest BCUT2D eigenvalue weighted by molar-refractivity contribution is -0.133. The van der Waals surface area contributed by atoms with E-state index in [-0.39, 0.29) is 5.69 Å². The van der Waals surface area contributed by atoms with Crippen molar-refractivity contribution in [3.63, 3.8) is 0 Å². The number of piperidine rings is 1. The zero-order valence-corrected chi connectivity index (χ0v) is 15.9. The summed E-state index contributed by atoms with van der Waals surface area (Å²) in [7, 11) is 1.71. The van der Waals surface area contributed by atoms with Gasteiger partial charge in [0.25, 0.3) is 0 Å². The van der Waals surface area contributed by atoms with Gasteiger partial charge in [0.1, 0.15) is 5.82 Å². The Hall–Kier alpha value is -1.85. The third-order valence-electron chi connectivity index (χ3n) is 6.69. The highest BCUT2D eigenvalue weighted by Crippen LogP contribution is 2.45. The fraction of sp³-hybridized carbons (Fsp3) is 0.750. The van der Waals surface area contributed by atoms with Gasteiger partial charge < -0.3 is 4.90 Å². The molecule has 3 aliphatic rings. The number of hydrogen-bond acceptors (Lipinski definition) is 3. The lowest BCUT2D eigenvalue weighted by Crippen LogP contribution is -2.40. The van der Waals surface area contributed by atoms with Crippen molar-refractivity contribution >= 4 is 5.91 Å². The summed E-state index contributed by atoms with van der Waals surface area (Å²) < 4.78 is 3.20. The van der Waals surface area contributed by atoms with Gasteiger partial charge in [0, 0.05) is 39.5 Å². The molecule has 2 heterocycles. The fourth-order valence-electron chi connectivity index (χ4n) is 5.15. The molecular formula is C20H30N4O2. The molecule has 1 aromatic rings. The monoisotopic (exact) mass is 358 g/mol. The SMILES string of the molecule is CCn1c(CC2CCN(C(=O)C[C@@H]3C[C@@H]4C=C[C@H]3C4)CC2)nn(C)c1=O. The minimum absolute atomic E-state index is 0.0324. The standard InChI is InChI=1S/C20H30N4O2/c1-3-24-18(21-22(2)20(24)26)12-14-6-8-23(9-7-14)19(25)13-17-11-15-4-5-16(17)10-15/h4-5,14-17H,3,6-13H2,1-2H3/t15-,16+,17+/m1/s1. The average Bonchev–Trinajstić information content (AvgIpc) is 3.31. The lowest BCUT2D eigenvalue weighted by atomic mass is 9.89.